The van der Waals surface area contributed by atoms with Crippen LogP contribution in [0, 0.1) is 102 Å². The molecule has 0 aromatic carbocycles. The van der Waals surface area contributed by atoms with Gasteiger partial charge in [-0.2, -0.15) is 0 Å². The van der Waals surface area contributed by atoms with Crippen LogP contribution in [-0.2, 0) is 9.62 Å². The number of hydrogen-bond acceptors (Lipinski definition) is 5. The summed E-state index contributed by atoms with van der Waals surface area (Å²) >= 11 is 0. The first-order valence-electron chi connectivity index (χ1n) is 14.1. The van der Waals surface area contributed by atoms with Crippen LogP contribution in [-0.4, -0.2) is 40.8 Å². The standard InChI is InChI=1S/C30H53NO4.Ac/c1-15-12-23-30(32,14-34-23)26-20(6)28(10)13-22(25(35-33)17(3)21(7)31)18(4)24(27(28,8)9)16(2)19(5)29(15,26)11;/h15-17,19-23,25-26,32-33H,12-14,31H2,1-11H3;/t15?,16?,17?,19?,20?,21?,22?,23?,25-,26?,28?,29-,30?;/m0./s1. The van der Waals surface area contributed by atoms with Gasteiger partial charge in [0.15, 0.2) is 0 Å². The third-order valence-corrected chi connectivity index (χ3v) is 13.2. The molecule has 36 heavy (non-hydrogen) atoms. The Kier molecular flexibility index (Phi) is 8.85. The SMILES string of the molecule is CC1=C2C(C)C(C)[C@]3(C)C(C)CC4OCC4(O)C3C(C)C(C)(CC1[C@@H](OO)C(C)C(C)N)C2(C)C.[Ac]. The van der Waals surface area contributed by atoms with Gasteiger partial charge in [-0.3, -0.25) is 5.26 Å². The van der Waals surface area contributed by atoms with E-state index in [1.54, 1.807) is 0 Å². The summed E-state index contributed by atoms with van der Waals surface area (Å²) in [4.78, 5) is 5.26. The van der Waals surface area contributed by atoms with Crippen LogP contribution in [0.15, 0.2) is 11.1 Å². The number of aliphatic hydroxyl groups is 1. The van der Waals surface area contributed by atoms with Crippen LogP contribution >= 0.6 is 0 Å². The van der Waals surface area contributed by atoms with Crippen molar-refractivity contribution in [2.45, 2.75) is 113 Å². The molecule has 1 heterocycles. The molecule has 0 aromatic rings. The van der Waals surface area contributed by atoms with E-state index in [1.165, 1.54) is 11.1 Å². The zero-order valence-electron chi connectivity index (χ0n) is 24.8. The van der Waals surface area contributed by atoms with E-state index in [2.05, 4.69) is 69.2 Å². The van der Waals surface area contributed by atoms with Gasteiger partial charge in [-0.25, -0.2) is 4.89 Å². The molecule has 11 unspecified atom stereocenters. The average molecular weight is 719 g/mol. The molecule has 1 aliphatic heterocycles. The van der Waals surface area contributed by atoms with Gasteiger partial charge in [0, 0.05) is 67.9 Å². The van der Waals surface area contributed by atoms with Crippen molar-refractivity contribution >= 4 is 0 Å². The first kappa shape index (κ1) is 31.5. The molecular weight excluding hydrogens is 665 g/mol. The maximum Gasteiger partial charge on any atom is 0.118 e. The Hall–Kier alpha value is 0.982. The summed E-state index contributed by atoms with van der Waals surface area (Å²) in [6, 6.07) is -0.0812. The predicted octanol–water partition coefficient (Wildman–Crippen LogP) is 5.91. The Labute approximate surface area is 256 Å². The van der Waals surface area contributed by atoms with E-state index in [-0.39, 0.29) is 102 Å². The van der Waals surface area contributed by atoms with Gasteiger partial charge in [-0.05, 0) is 66.6 Å². The fourth-order valence-electron chi connectivity index (χ4n) is 9.96. The van der Waals surface area contributed by atoms with Gasteiger partial charge < -0.3 is 15.6 Å². The number of allylic oxidation sites excluding steroid dienone is 1. The average Bonchev–Trinajstić information content (AvgIpc) is 2.77. The van der Waals surface area contributed by atoms with Crippen molar-refractivity contribution in [1.29, 1.82) is 0 Å². The van der Waals surface area contributed by atoms with E-state index in [4.69, 9.17) is 15.4 Å². The van der Waals surface area contributed by atoms with E-state index < -0.39 is 5.60 Å². The zero-order chi connectivity index (χ0) is 26.5. The van der Waals surface area contributed by atoms with Gasteiger partial charge in [0.05, 0.1) is 12.7 Å². The number of fused-ring (bicyclic) bond motifs is 5. The van der Waals surface area contributed by atoms with Crippen molar-refractivity contribution in [3.8, 4) is 0 Å². The van der Waals surface area contributed by atoms with E-state index in [0.717, 1.165) is 12.8 Å². The Morgan fingerprint density at radius 1 is 1.06 bits per heavy atom. The molecule has 2 bridgehead atoms. The molecule has 4 aliphatic rings. The summed E-state index contributed by atoms with van der Waals surface area (Å²) in [5.74, 6) is 1.70. The number of hydrogen-bond donors (Lipinski definition) is 3. The summed E-state index contributed by atoms with van der Waals surface area (Å²) in [5.41, 5.74) is 8.29. The fraction of sp³-hybridized carbons (Fsp3) is 0.933. The second kappa shape index (κ2) is 10.1. The first-order chi connectivity index (χ1) is 16.0. The van der Waals surface area contributed by atoms with E-state index in [0.29, 0.717) is 24.4 Å². The predicted molar refractivity (Wildman–Crippen MR) is 141 cm³/mol. The zero-order valence-corrected chi connectivity index (χ0v) is 29.5. The molecule has 1 saturated heterocycles. The molecule has 4 N–H and O–H groups in total. The van der Waals surface area contributed by atoms with Gasteiger partial charge in [0.25, 0.3) is 0 Å². The van der Waals surface area contributed by atoms with E-state index in [9.17, 15) is 10.4 Å². The molecule has 205 valence electrons. The summed E-state index contributed by atoms with van der Waals surface area (Å²) in [7, 11) is 0. The van der Waals surface area contributed by atoms with Crippen molar-refractivity contribution in [3.63, 3.8) is 0 Å². The topological polar surface area (TPSA) is 84.9 Å². The maximum atomic E-state index is 12.2. The molecule has 5 nitrogen and oxygen atoms in total. The third-order valence-electron chi connectivity index (χ3n) is 13.2. The normalized spacial score (nSPS) is 50.3. The van der Waals surface area contributed by atoms with Gasteiger partial charge in [-0.15, -0.1) is 0 Å². The molecular formula is C30H53AcNO4. The summed E-state index contributed by atoms with van der Waals surface area (Å²) in [6.45, 7) is 26.2. The minimum atomic E-state index is -0.775. The van der Waals surface area contributed by atoms with Crippen molar-refractivity contribution in [2.24, 2.45) is 63.4 Å². The van der Waals surface area contributed by atoms with Gasteiger partial charge in [0.2, 0.25) is 0 Å². The number of ether oxygens (including phenoxy) is 1. The number of rotatable bonds is 4. The molecule has 0 amide bonds. The van der Waals surface area contributed by atoms with Gasteiger partial charge in [-0.1, -0.05) is 73.5 Å². The van der Waals surface area contributed by atoms with Crippen LogP contribution in [0.5, 0.6) is 0 Å². The monoisotopic (exact) mass is 718 g/mol. The molecule has 3 fully saturated rings. The Bertz CT molecular complexity index is 875. The quantitative estimate of drug-likeness (QED) is 0.191. The van der Waals surface area contributed by atoms with Crippen molar-refractivity contribution in [1.82, 2.24) is 0 Å². The Morgan fingerprint density at radius 3 is 2.11 bits per heavy atom. The molecule has 13 atom stereocenters. The van der Waals surface area contributed by atoms with Crippen molar-refractivity contribution in [3.05, 3.63) is 11.1 Å². The molecule has 0 aromatic heterocycles. The summed E-state index contributed by atoms with van der Waals surface area (Å²) in [5, 5.41) is 22.4. The van der Waals surface area contributed by atoms with Crippen LogP contribution in [0.25, 0.3) is 0 Å². The molecule has 2 saturated carbocycles. The second-order valence-electron chi connectivity index (χ2n) is 14.4. The van der Waals surface area contributed by atoms with Crippen LogP contribution in [0.1, 0.15) is 89.0 Å². The number of nitrogens with two attached hydrogens (primary N) is 1. The van der Waals surface area contributed by atoms with Gasteiger partial charge >= 0.3 is 0 Å². The van der Waals surface area contributed by atoms with Crippen LogP contribution in [0.2, 0.25) is 0 Å². The fourth-order valence-corrected chi connectivity index (χ4v) is 9.96. The molecule has 6 heteroatoms. The van der Waals surface area contributed by atoms with Crippen LogP contribution in [0.4, 0.5) is 0 Å². The van der Waals surface area contributed by atoms with E-state index in [1.807, 2.05) is 6.92 Å². The Morgan fingerprint density at radius 2 is 1.64 bits per heavy atom. The Balaban J connectivity index is 0.00000361. The first-order valence-corrected chi connectivity index (χ1v) is 14.1. The smallest absolute Gasteiger partial charge is 0.118 e. The van der Waals surface area contributed by atoms with Gasteiger partial charge in [0.1, 0.15) is 11.7 Å². The molecule has 1 radical (unpaired) electrons. The summed E-state index contributed by atoms with van der Waals surface area (Å²) in [6.07, 6.45) is 1.42. The van der Waals surface area contributed by atoms with Crippen LogP contribution < -0.4 is 5.73 Å². The minimum Gasteiger partial charge on any atom is -0.384 e. The molecule has 3 aliphatic carbocycles. The largest absolute Gasteiger partial charge is 0.384 e. The van der Waals surface area contributed by atoms with Crippen LogP contribution in [0.3, 0.4) is 0 Å². The van der Waals surface area contributed by atoms with Crippen molar-refractivity contribution in [2.75, 3.05) is 6.61 Å². The third kappa shape index (κ3) is 3.96. The molecule has 0 spiro atoms. The molecule has 4 rings (SSSR count). The van der Waals surface area contributed by atoms with Crippen molar-refractivity contribution < 1.29 is 64.1 Å². The van der Waals surface area contributed by atoms with E-state index >= 15 is 0 Å². The minimum absolute atomic E-state index is 0. The maximum absolute atomic E-state index is 12.2. The summed E-state index contributed by atoms with van der Waals surface area (Å²) < 4.78 is 6.00. The second-order valence-corrected chi connectivity index (χ2v) is 14.4.